The van der Waals surface area contributed by atoms with Crippen LogP contribution < -0.4 is 10.2 Å². The van der Waals surface area contributed by atoms with Crippen LogP contribution in [0.1, 0.15) is 71.1 Å². The Morgan fingerprint density at radius 2 is 1.97 bits per heavy atom. The van der Waals surface area contributed by atoms with Crippen molar-refractivity contribution in [2.45, 2.75) is 82.8 Å². The lowest BCUT2D eigenvalue weighted by atomic mass is 9.86. The van der Waals surface area contributed by atoms with Crippen LogP contribution in [0, 0.1) is 5.92 Å². The van der Waals surface area contributed by atoms with Gasteiger partial charge in [0.05, 0.1) is 18.1 Å². The number of thioether (sulfide) groups is 1. The lowest BCUT2D eigenvalue weighted by Crippen LogP contribution is -2.28. The maximum atomic E-state index is 12.3. The minimum absolute atomic E-state index is 0.161. The summed E-state index contributed by atoms with van der Waals surface area (Å²) in [5.74, 6) is 2.93. The average molecular weight is 445 g/mol. The van der Waals surface area contributed by atoms with Gasteiger partial charge < -0.3 is 10.2 Å². The van der Waals surface area contributed by atoms with Gasteiger partial charge in [0.25, 0.3) is 0 Å². The van der Waals surface area contributed by atoms with E-state index in [1.165, 1.54) is 44.9 Å². The third kappa shape index (κ3) is 5.90. The molecule has 2 aromatic rings. The Morgan fingerprint density at radius 3 is 2.74 bits per heavy atom. The largest absolute Gasteiger partial charge is 0.356 e. The number of hydrogen-bond acceptors (Lipinski definition) is 6. The second-order valence-corrected chi connectivity index (χ2v) is 9.93. The van der Waals surface area contributed by atoms with Gasteiger partial charge in [0, 0.05) is 31.8 Å². The first-order valence-corrected chi connectivity index (χ1v) is 13.1. The average Bonchev–Trinajstić information content (AvgIpc) is 3.47. The van der Waals surface area contributed by atoms with Gasteiger partial charge in [0.1, 0.15) is 5.82 Å². The van der Waals surface area contributed by atoms with Gasteiger partial charge in [0.15, 0.2) is 10.8 Å². The molecule has 1 amide bonds. The number of aromatic nitrogens is 4. The summed E-state index contributed by atoms with van der Waals surface area (Å²) in [6, 6.07) is 0. The number of nitrogens with one attached hydrogen (secondary N) is 1. The van der Waals surface area contributed by atoms with Crippen molar-refractivity contribution in [3.05, 3.63) is 6.20 Å². The van der Waals surface area contributed by atoms with Crippen LogP contribution in [0.2, 0.25) is 0 Å². The van der Waals surface area contributed by atoms with E-state index in [0.717, 1.165) is 59.6 Å². The number of amides is 1. The molecular weight excluding hydrogens is 408 g/mol. The molecule has 2 aromatic heterocycles. The molecule has 170 valence electrons. The van der Waals surface area contributed by atoms with Crippen LogP contribution in [0.5, 0.6) is 0 Å². The molecule has 0 radical (unpaired) electrons. The molecule has 0 unspecified atom stereocenters. The molecule has 0 aromatic carbocycles. The second kappa shape index (κ2) is 11.2. The zero-order valence-electron chi connectivity index (χ0n) is 18.8. The number of carbonyl (C=O) groups excluding carboxylic acids is 1. The highest BCUT2D eigenvalue weighted by Crippen LogP contribution is 2.30. The summed E-state index contributed by atoms with van der Waals surface area (Å²) in [5, 5.41) is 9.53. The van der Waals surface area contributed by atoms with Crippen LogP contribution >= 0.6 is 11.8 Å². The molecule has 2 aliphatic rings. The summed E-state index contributed by atoms with van der Waals surface area (Å²) >= 11 is 1.71. The zero-order valence-corrected chi connectivity index (χ0v) is 19.6. The first-order chi connectivity index (χ1) is 15.2. The molecule has 2 fully saturated rings. The van der Waals surface area contributed by atoms with Crippen LogP contribution in [-0.2, 0) is 11.3 Å². The fourth-order valence-corrected chi connectivity index (χ4v) is 5.40. The van der Waals surface area contributed by atoms with Crippen LogP contribution in [0.4, 0.5) is 5.82 Å². The topological polar surface area (TPSA) is 75.9 Å². The lowest BCUT2D eigenvalue weighted by Gasteiger charge is -2.21. The summed E-state index contributed by atoms with van der Waals surface area (Å²) in [6.07, 6.45) is 13.7. The molecule has 7 nitrogen and oxygen atoms in total. The molecule has 0 atom stereocenters. The summed E-state index contributed by atoms with van der Waals surface area (Å²) in [7, 11) is 0. The third-order valence-corrected chi connectivity index (χ3v) is 7.50. The molecule has 3 heterocycles. The van der Waals surface area contributed by atoms with E-state index in [1.54, 1.807) is 11.8 Å². The van der Waals surface area contributed by atoms with E-state index in [4.69, 9.17) is 9.97 Å². The van der Waals surface area contributed by atoms with Crippen molar-refractivity contribution in [3.63, 3.8) is 0 Å². The van der Waals surface area contributed by atoms with Gasteiger partial charge in [-0.1, -0.05) is 50.8 Å². The SMILES string of the molecule is CCCSc1nc(N2CCCC2)c2cnn(CCNC(=O)CCC3CCCCC3)c2n1. The van der Waals surface area contributed by atoms with E-state index >= 15 is 0 Å². The van der Waals surface area contributed by atoms with E-state index in [1.807, 2.05) is 10.9 Å². The highest BCUT2D eigenvalue weighted by Gasteiger charge is 2.21. The van der Waals surface area contributed by atoms with E-state index in [-0.39, 0.29) is 5.91 Å². The van der Waals surface area contributed by atoms with Gasteiger partial charge in [0.2, 0.25) is 5.91 Å². The summed E-state index contributed by atoms with van der Waals surface area (Å²) < 4.78 is 1.92. The Kier molecular flexibility index (Phi) is 8.05. The second-order valence-electron chi connectivity index (χ2n) is 8.87. The molecule has 1 N–H and O–H groups in total. The molecule has 0 spiro atoms. The van der Waals surface area contributed by atoms with Crippen molar-refractivity contribution in [2.24, 2.45) is 5.92 Å². The van der Waals surface area contributed by atoms with Gasteiger partial charge in [-0.2, -0.15) is 5.10 Å². The van der Waals surface area contributed by atoms with Crippen molar-refractivity contribution >= 4 is 34.5 Å². The van der Waals surface area contributed by atoms with E-state index in [0.29, 0.717) is 19.5 Å². The monoisotopic (exact) mass is 444 g/mol. The Morgan fingerprint density at radius 1 is 1.16 bits per heavy atom. The Labute approximate surface area is 189 Å². The standard InChI is InChI=1S/C23H36N6OS/c1-2-16-31-23-26-21(28-13-6-7-14-28)19-17-25-29(22(19)27-23)15-12-24-20(30)11-10-18-8-4-3-5-9-18/h17-18H,2-16H2,1H3,(H,24,30). The van der Waals surface area contributed by atoms with E-state index in [9.17, 15) is 4.79 Å². The summed E-state index contributed by atoms with van der Waals surface area (Å²) in [5.41, 5.74) is 0.881. The third-order valence-electron chi connectivity index (χ3n) is 6.45. The maximum absolute atomic E-state index is 12.3. The number of hydrogen-bond donors (Lipinski definition) is 1. The van der Waals surface area contributed by atoms with Crippen LogP contribution in [0.15, 0.2) is 11.4 Å². The normalized spacial score (nSPS) is 17.5. The van der Waals surface area contributed by atoms with E-state index < -0.39 is 0 Å². The predicted octanol–water partition coefficient (Wildman–Crippen LogP) is 4.41. The van der Waals surface area contributed by atoms with E-state index in [2.05, 4.69) is 22.2 Å². The molecule has 1 aliphatic carbocycles. The highest BCUT2D eigenvalue weighted by molar-refractivity contribution is 7.99. The quantitative estimate of drug-likeness (QED) is 0.432. The van der Waals surface area contributed by atoms with Gasteiger partial charge in [-0.3, -0.25) is 4.79 Å². The first-order valence-electron chi connectivity index (χ1n) is 12.1. The molecular formula is C23H36N6OS. The Bertz CT molecular complexity index is 857. The highest BCUT2D eigenvalue weighted by atomic mass is 32.2. The Hall–Kier alpha value is -1.83. The minimum atomic E-state index is 0.161. The van der Waals surface area contributed by atoms with Crippen molar-refractivity contribution < 1.29 is 4.79 Å². The minimum Gasteiger partial charge on any atom is -0.356 e. The number of fused-ring (bicyclic) bond motifs is 1. The van der Waals surface area contributed by atoms with Crippen LogP contribution in [0.3, 0.4) is 0 Å². The molecule has 1 saturated heterocycles. The molecule has 0 bridgehead atoms. The number of rotatable bonds is 10. The fraction of sp³-hybridized carbons (Fsp3) is 0.739. The predicted molar refractivity (Wildman–Crippen MR) is 127 cm³/mol. The van der Waals surface area contributed by atoms with Crippen molar-refractivity contribution in [2.75, 3.05) is 30.3 Å². The summed E-state index contributed by atoms with van der Waals surface area (Å²) in [4.78, 5) is 24.3. The summed E-state index contributed by atoms with van der Waals surface area (Å²) in [6.45, 7) is 5.49. The van der Waals surface area contributed by atoms with Crippen LogP contribution in [-0.4, -0.2) is 51.0 Å². The maximum Gasteiger partial charge on any atom is 0.220 e. The molecule has 1 aliphatic heterocycles. The molecule has 1 saturated carbocycles. The first kappa shape index (κ1) is 22.4. The van der Waals surface area contributed by atoms with Gasteiger partial charge >= 0.3 is 0 Å². The number of anilines is 1. The van der Waals surface area contributed by atoms with Gasteiger partial charge in [-0.15, -0.1) is 0 Å². The van der Waals surface area contributed by atoms with Crippen molar-refractivity contribution in [3.8, 4) is 0 Å². The Balaban J connectivity index is 1.37. The lowest BCUT2D eigenvalue weighted by molar-refractivity contribution is -0.121. The smallest absolute Gasteiger partial charge is 0.220 e. The molecule has 31 heavy (non-hydrogen) atoms. The van der Waals surface area contributed by atoms with Crippen molar-refractivity contribution in [1.82, 2.24) is 25.1 Å². The zero-order chi connectivity index (χ0) is 21.5. The fourth-order valence-electron chi connectivity index (χ4n) is 4.71. The van der Waals surface area contributed by atoms with Gasteiger partial charge in [-0.25, -0.2) is 14.6 Å². The number of carbonyl (C=O) groups is 1. The van der Waals surface area contributed by atoms with Crippen molar-refractivity contribution in [1.29, 1.82) is 0 Å². The molecule has 4 rings (SSSR count). The number of nitrogens with zero attached hydrogens (tertiary/aromatic N) is 5. The van der Waals surface area contributed by atoms with Crippen LogP contribution in [0.25, 0.3) is 11.0 Å². The molecule has 8 heteroatoms. The van der Waals surface area contributed by atoms with Gasteiger partial charge in [-0.05, 0) is 31.6 Å².